The summed E-state index contributed by atoms with van der Waals surface area (Å²) in [4.78, 5) is 15.0. The molecule has 0 unspecified atom stereocenters. The van der Waals surface area contributed by atoms with Crippen molar-refractivity contribution < 1.29 is 4.79 Å². The molecule has 1 aliphatic carbocycles. The van der Waals surface area contributed by atoms with Crippen molar-refractivity contribution in [1.82, 2.24) is 10.2 Å². The van der Waals surface area contributed by atoms with E-state index in [0.717, 1.165) is 45.2 Å². The van der Waals surface area contributed by atoms with Gasteiger partial charge in [0.05, 0.1) is 0 Å². The van der Waals surface area contributed by atoms with E-state index in [1.165, 1.54) is 11.1 Å². The molecule has 0 radical (unpaired) electrons. The van der Waals surface area contributed by atoms with Gasteiger partial charge in [0.15, 0.2) is 0 Å². The normalized spacial score (nSPS) is 23.1. The highest BCUT2D eigenvalue weighted by atomic mass is 35.5. The summed E-state index contributed by atoms with van der Waals surface area (Å²) >= 11 is 5.90. The lowest BCUT2D eigenvalue weighted by molar-refractivity contribution is 0.0907. The average Bonchev–Trinajstić information content (AvgIpc) is 2.75. The van der Waals surface area contributed by atoms with Crippen molar-refractivity contribution >= 4 is 23.1 Å². The first kappa shape index (κ1) is 19.2. The lowest BCUT2D eigenvalue weighted by Crippen LogP contribution is -2.45. The maximum absolute atomic E-state index is 12.4. The Morgan fingerprint density at radius 3 is 2.32 bits per heavy atom. The standard InChI is InChI=1S/C24H27ClN2O/c25-21-8-6-20(7-9-21)24(28)26-22-10-12-23(13-11-22)27-16-14-19(15-17-27)18-4-2-1-3-5-18/h1-9,14,22-23H,10-13,15-17H2,(H,26,28). The van der Waals surface area contributed by atoms with E-state index in [9.17, 15) is 4.79 Å². The van der Waals surface area contributed by atoms with E-state index >= 15 is 0 Å². The van der Waals surface area contributed by atoms with E-state index in [-0.39, 0.29) is 11.9 Å². The van der Waals surface area contributed by atoms with Crippen molar-refractivity contribution in [2.75, 3.05) is 13.1 Å². The van der Waals surface area contributed by atoms with Crippen LogP contribution in [0.3, 0.4) is 0 Å². The molecule has 1 heterocycles. The molecular weight excluding hydrogens is 368 g/mol. The second kappa shape index (κ2) is 8.93. The van der Waals surface area contributed by atoms with E-state index in [1.54, 1.807) is 24.3 Å². The minimum absolute atomic E-state index is 0.00789. The fraction of sp³-hybridized carbons (Fsp3) is 0.375. The van der Waals surface area contributed by atoms with Crippen LogP contribution in [0.5, 0.6) is 0 Å². The second-order valence-electron chi connectivity index (χ2n) is 7.83. The summed E-state index contributed by atoms with van der Waals surface area (Å²) in [6.45, 7) is 2.17. The van der Waals surface area contributed by atoms with Crippen LogP contribution in [-0.4, -0.2) is 36.0 Å². The lowest BCUT2D eigenvalue weighted by Gasteiger charge is -2.38. The lowest BCUT2D eigenvalue weighted by atomic mass is 9.88. The number of carbonyl (C=O) groups excluding carboxylic acids is 1. The number of rotatable bonds is 4. The van der Waals surface area contributed by atoms with Gasteiger partial charge in [0.1, 0.15) is 0 Å². The van der Waals surface area contributed by atoms with Gasteiger partial charge in [-0.3, -0.25) is 9.69 Å². The Balaban J connectivity index is 1.26. The summed E-state index contributed by atoms with van der Waals surface area (Å²) in [5, 5.41) is 3.85. The smallest absolute Gasteiger partial charge is 0.251 e. The van der Waals surface area contributed by atoms with Gasteiger partial charge < -0.3 is 5.32 Å². The number of halogens is 1. The molecule has 1 saturated carbocycles. The molecule has 1 amide bonds. The molecule has 0 spiro atoms. The number of hydrogen-bond acceptors (Lipinski definition) is 2. The summed E-state index contributed by atoms with van der Waals surface area (Å²) in [6, 6.07) is 18.7. The number of benzene rings is 2. The molecule has 4 rings (SSSR count). The Hall–Kier alpha value is -2.10. The summed E-state index contributed by atoms with van der Waals surface area (Å²) in [7, 11) is 0. The number of nitrogens with zero attached hydrogens (tertiary/aromatic N) is 1. The number of amides is 1. The molecule has 1 aliphatic heterocycles. The Bertz CT molecular complexity index is 823. The highest BCUT2D eigenvalue weighted by molar-refractivity contribution is 6.30. The molecule has 0 saturated heterocycles. The Labute approximate surface area is 172 Å². The van der Waals surface area contributed by atoms with Gasteiger partial charge in [-0.1, -0.05) is 48.0 Å². The molecule has 2 aromatic carbocycles. The van der Waals surface area contributed by atoms with Gasteiger partial charge in [-0.15, -0.1) is 0 Å². The average molecular weight is 395 g/mol. The van der Waals surface area contributed by atoms with Crippen LogP contribution in [0.4, 0.5) is 0 Å². The topological polar surface area (TPSA) is 32.3 Å². The molecule has 1 N–H and O–H groups in total. The van der Waals surface area contributed by atoms with E-state index in [0.29, 0.717) is 16.6 Å². The van der Waals surface area contributed by atoms with Crippen LogP contribution in [0.25, 0.3) is 5.57 Å². The third kappa shape index (κ3) is 4.65. The van der Waals surface area contributed by atoms with Crippen LogP contribution in [0.1, 0.15) is 48.0 Å². The maximum Gasteiger partial charge on any atom is 0.251 e. The largest absolute Gasteiger partial charge is 0.349 e. The van der Waals surface area contributed by atoms with Crippen LogP contribution in [-0.2, 0) is 0 Å². The van der Waals surface area contributed by atoms with Gasteiger partial charge in [-0.2, -0.15) is 0 Å². The van der Waals surface area contributed by atoms with Crippen molar-refractivity contribution in [1.29, 1.82) is 0 Å². The molecular formula is C24H27ClN2O. The molecule has 2 aromatic rings. The second-order valence-corrected chi connectivity index (χ2v) is 8.26. The predicted octanol–water partition coefficient (Wildman–Crippen LogP) is 5.17. The molecule has 0 atom stereocenters. The molecule has 28 heavy (non-hydrogen) atoms. The number of carbonyl (C=O) groups is 1. The van der Waals surface area contributed by atoms with Gasteiger partial charge >= 0.3 is 0 Å². The zero-order chi connectivity index (χ0) is 19.3. The van der Waals surface area contributed by atoms with Gasteiger partial charge in [-0.05, 0) is 67.5 Å². The van der Waals surface area contributed by atoms with Crippen LogP contribution in [0.15, 0.2) is 60.7 Å². The summed E-state index contributed by atoms with van der Waals surface area (Å²) in [5.41, 5.74) is 3.51. The quantitative estimate of drug-likeness (QED) is 0.775. The van der Waals surface area contributed by atoms with Crippen LogP contribution in [0.2, 0.25) is 5.02 Å². The van der Waals surface area contributed by atoms with Gasteiger partial charge in [-0.25, -0.2) is 0 Å². The molecule has 0 bridgehead atoms. The fourth-order valence-electron chi connectivity index (χ4n) is 4.39. The van der Waals surface area contributed by atoms with E-state index in [2.05, 4.69) is 46.6 Å². The SMILES string of the molecule is O=C(NC1CCC(N2CC=C(c3ccccc3)CC2)CC1)c1ccc(Cl)cc1. The first-order valence-electron chi connectivity index (χ1n) is 10.2. The molecule has 2 aliphatic rings. The third-order valence-electron chi connectivity index (χ3n) is 6.04. The molecule has 4 heteroatoms. The fourth-order valence-corrected chi connectivity index (χ4v) is 4.51. The number of nitrogens with one attached hydrogen (secondary N) is 1. The van der Waals surface area contributed by atoms with Gasteiger partial charge in [0.25, 0.3) is 5.91 Å². The van der Waals surface area contributed by atoms with Gasteiger partial charge in [0.2, 0.25) is 0 Å². The van der Waals surface area contributed by atoms with E-state index in [4.69, 9.17) is 11.6 Å². The molecule has 146 valence electrons. The third-order valence-corrected chi connectivity index (χ3v) is 6.29. The van der Waals surface area contributed by atoms with Crippen LogP contribution in [0, 0.1) is 0 Å². The summed E-state index contributed by atoms with van der Waals surface area (Å²) < 4.78 is 0. The Kier molecular flexibility index (Phi) is 6.13. The van der Waals surface area contributed by atoms with Crippen molar-refractivity contribution in [3.05, 3.63) is 76.8 Å². The first-order chi connectivity index (χ1) is 13.7. The van der Waals surface area contributed by atoms with Gasteiger partial charge in [0, 0.05) is 35.8 Å². The Morgan fingerprint density at radius 2 is 1.68 bits per heavy atom. The molecule has 0 aromatic heterocycles. The van der Waals surface area contributed by atoms with Crippen LogP contribution >= 0.6 is 11.6 Å². The van der Waals surface area contributed by atoms with E-state index in [1.807, 2.05) is 0 Å². The minimum Gasteiger partial charge on any atom is -0.349 e. The molecule has 3 nitrogen and oxygen atoms in total. The zero-order valence-corrected chi connectivity index (χ0v) is 16.9. The first-order valence-corrected chi connectivity index (χ1v) is 10.6. The highest BCUT2D eigenvalue weighted by Gasteiger charge is 2.27. The summed E-state index contributed by atoms with van der Waals surface area (Å²) in [6.07, 6.45) is 7.93. The Morgan fingerprint density at radius 1 is 0.964 bits per heavy atom. The van der Waals surface area contributed by atoms with Crippen molar-refractivity contribution in [2.45, 2.75) is 44.2 Å². The monoisotopic (exact) mass is 394 g/mol. The number of hydrogen-bond donors (Lipinski definition) is 1. The van der Waals surface area contributed by atoms with Crippen molar-refractivity contribution in [2.24, 2.45) is 0 Å². The van der Waals surface area contributed by atoms with Crippen molar-refractivity contribution in [3.63, 3.8) is 0 Å². The zero-order valence-electron chi connectivity index (χ0n) is 16.1. The highest BCUT2D eigenvalue weighted by Crippen LogP contribution is 2.28. The predicted molar refractivity (Wildman–Crippen MR) is 116 cm³/mol. The van der Waals surface area contributed by atoms with Crippen molar-refractivity contribution in [3.8, 4) is 0 Å². The maximum atomic E-state index is 12.4. The minimum atomic E-state index is 0.00789. The van der Waals surface area contributed by atoms with E-state index < -0.39 is 0 Å². The molecule has 1 fully saturated rings. The summed E-state index contributed by atoms with van der Waals surface area (Å²) in [5.74, 6) is 0.00789. The van der Waals surface area contributed by atoms with Crippen LogP contribution < -0.4 is 5.32 Å².